The molecule has 4 nitrogen and oxygen atoms in total. The number of halogens is 4. The number of ether oxygens (including phenoxy) is 2. The van der Waals surface area contributed by atoms with Crippen LogP contribution in [0.5, 0.6) is 0 Å². The fourth-order valence-electron chi connectivity index (χ4n) is 2.18. The predicted octanol–water partition coefficient (Wildman–Crippen LogP) is 4.29. The van der Waals surface area contributed by atoms with E-state index < -0.39 is 15.3 Å². The fourth-order valence-corrected chi connectivity index (χ4v) is 3.46. The lowest BCUT2D eigenvalue weighted by atomic mass is 9.88. The Labute approximate surface area is 157 Å². The maximum Gasteiger partial charge on any atom is 0.337 e. The maximum atomic E-state index is 11.7. The van der Waals surface area contributed by atoms with Gasteiger partial charge in [0.2, 0.25) is 5.90 Å². The van der Waals surface area contributed by atoms with Crippen LogP contribution in [0.2, 0.25) is 0 Å². The first-order valence-corrected chi connectivity index (χ1v) is 9.03. The number of carbonyl (C=O) groups excluding carboxylic acids is 1. The SMILES string of the molecule is COC(=O)c1cccc(C2(CI)CCOC(C(Cl)(Cl)Cl)=N2)c1. The molecule has 1 atom stereocenters. The number of aliphatic imine (C=N–C) groups is 1. The second kappa shape index (κ2) is 7.11. The number of esters is 1. The summed E-state index contributed by atoms with van der Waals surface area (Å²) in [5.74, 6) is -0.327. The normalized spacial score (nSPS) is 21.8. The molecular formula is C14H13Cl3INO3. The van der Waals surface area contributed by atoms with Crippen molar-refractivity contribution in [1.29, 1.82) is 0 Å². The zero-order chi connectivity index (χ0) is 16.4. The van der Waals surface area contributed by atoms with E-state index in [1.54, 1.807) is 18.2 Å². The Balaban J connectivity index is 2.49. The molecule has 0 amide bonds. The molecule has 0 N–H and O–H groups in total. The van der Waals surface area contributed by atoms with Gasteiger partial charge in [0.25, 0.3) is 3.79 Å². The number of carbonyl (C=O) groups is 1. The standard InChI is InChI=1S/C14H13Cl3INO3/c1-21-11(20)9-3-2-4-10(7-9)13(8-18)5-6-22-12(19-13)14(15,16)17/h2-4,7H,5-6,8H2,1H3. The minimum Gasteiger partial charge on any atom is -0.478 e. The summed E-state index contributed by atoms with van der Waals surface area (Å²) in [6.07, 6.45) is 0.630. The molecule has 1 aromatic rings. The van der Waals surface area contributed by atoms with Crippen LogP contribution in [0.1, 0.15) is 22.3 Å². The predicted molar refractivity (Wildman–Crippen MR) is 96.6 cm³/mol. The van der Waals surface area contributed by atoms with Crippen LogP contribution in [0.3, 0.4) is 0 Å². The number of methoxy groups -OCH3 is 1. The van der Waals surface area contributed by atoms with E-state index in [0.29, 0.717) is 23.0 Å². The molecule has 1 aliphatic heterocycles. The summed E-state index contributed by atoms with van der Waals surface area (Å²) in [6.45, 7) is 0.387. The molecule has 0 saturated heterocycles. The van der Waals surface area contributed by atoms with Gasteiger partial charge in [0, 0.05) is 10.8 Å². The lowest BCUT2D eigenvalue weighted by Gasteiger charge is -2.34. The highest BCUT2D eigenvalue weighted by Gasteiger charge is 2.41. The summed E-state index contributed by atoms with van der Waals surface area (Å²) >= 11 is 19.9. The quantitative estimate of drug-likeness (QED) is 0.372. The zero-order valence-corrected chi connectivity index (χ0v) is 16.0. The summed E-state index contributed by atoms with van der Waals surface area (Å²) in [4.78, 5) is 16.3. The van der Waals surface area contributed by atoms with Crippen molar-refractivity contribution in [2.24, 2.45) is 4.99 Å². The summed E-state index contributed by atoms with van der Waals surface area (Å²) in [5, 5.41) is 0. The lowest BCUT2D eigenvalue weighted by Crippen LogP contribution is -2.38. The molecule has 2 rings (SSSR count). The van der Waals surface area contributed by atoms with Gasteiger partial charge in [0.05, 0.1) is 19.3 Å². The second-order valence-electron chi connectivity index (χ2n) is 4.75. The lowest BCUT2D eigenvalue weighted by molar-refractivity contribution is 0.0600. The molecule has 1 heterocycles. The molecule has 0 spiro atoms. The van der Waals surface area contributed by atoms with E-state index in [0.717, 1.165) is 5.56 Å². The Bertz CT molecular complexity index is 603. The van der Waals surface area contributed by atoms with Crippen molar-refractivity contribution >= 4 is 69.3 Å². The molecule has 1 aliphatic rings. The molecule has 0 fully saturated rings. The molecule has 1 aromatic carbocycles. The number of benzene rings is 1. The Morgan fingerprint density at radius 2 is 2.23 bits per heavy atom. The summed E-state index contributed by atoms with van der Waals surface area (Å²) in [6, 6.07) is 7.13. The molecule has 0 radical (unpaired) electrons. The van der Waals surface area contributed by atoms with Gasteiger partial charge in [-0.3, -0.25) is 0 Å². The van der Waals surface area contributed by atoms with Gasteiger partial charge >= 0.3 is 5.97 Å². The van der Waals surface area contributed by atoms with Gasteiger partial charge in [0.1, 0.15) is 5.54 Å². The van der Waals surface area contributed by atoms with Gasteiger partial charge in [-0.15, -0.1) is 0 Å². The van der Waals surface area contributed by atoms with E-state index in [2.05, 4.69) is 27.6 Å². The second-order valence-corrected chi connectivity index (χ2v) is 7.79. The Morgan fingerprint density at radius 1 is 1.50 bits per heavy atom. The number of nitrogens with zero attached hydrogens (tertiary/aromatic N) is 1. The van der Waals surface area contributed by atoms with Gasteiger partial charge in [0.15, 0.2) is 0 Å². The van der Waals surface area contributed by atoms with Gasteiger partial charge < -0.3 is 9.47 Å². The van der Waals surface area contributed by atoms with Crippen molar-refractivity contribution < 1.29 is 14.3 Å². The highest BCUT2D eigenvalue weighted by atomic mass is 127. The van der Waals surface area contributed by atoms with Gasteiger partial charge in [-0.2, -0.15) is 0 Å². The van der Waals surface area contributed by atoms with E-state index >= 15 is 0 Å². The monoisotopic (exact) mass is 475 g/mol. The third kappa shape index (κ3) is 3.80. The highest BCUT2D eigenvalue weighted by molar-refractivity contribution is 14.1. The molecule has 0 aliphatic carbocycles. The largest absolute Gasteiger partial charge is 0.478 e. The third-order valence-electron chi connectivity index (χ3n) is 3.35. The van der Waals surface area contributed by atoms with Crippen LogP contribution in [-0.2, 0) is 15.0 Å². The fraction of sp³-hybridized carbons (Fsp3) is 0.429. The minimum absolute atomic E-state index is 0.0730. The van der Waals surface area contributed by atoms with Crippen molar-refractivity contribution in [3.05, 3.63) is 35.4 Å². The smallest absolute Gasteiger partial charge is 0.337 e. The van der Waals surface area contributed by atoms with E-state index in [1.165, 1.54) is 7.11 Å². The van der Waals surface area contributed by atoms with Crippen LogP contribution in [0.25, 0.3) is 0 Å². The average Bonchev–Trinajstić information content (AvgIpc) is 2.53. The summed E-state index contributed by atoms with van der Waals surface area (Å²) < 4.78 is 9.08. The van der Waals surface area contributed by atoms with Gasteiger partial charge in [-0.25, -0.2) is 9.79 Å². The zero-order valence-electron chi connectivity index (χ0n) is 11.6. The molecule has 1 unspecified atom stereocenters. The minimum atomic E-state index is -1.71. The molecule has 0 saturated carbocycles. The average molecular weight is 477 g/mol. The van der Waals surface area contributed by atoms with Crippen LogP contribution in [0.4, 0.5) is 0 Å². The van der Waals surface area contributed by atoms with Crippen molar-refractivity contribution in [3.63, 3.8) is 0 Å². The molecule has 0 aromatic heterocycles. The Morgan fingerprint density at radius 3 is 2.82 bits per heavy atom. The van der Waals surface area contributed by atoms with E-state index in [9.17, 15) is 4.79 Å². The number of hydrogen-bond acceptors (Lipinski definition) is 4. The van der Waals surface area contributed by atoms with E-state index in [4.69, 9.17) is 44.3 Å². The van der Waals surface area contributed by atoms with E-state index in [1.807, 2.05) is 6.07 Å². The van der Waals surface area contributed by atoms with Crippen molar-refractivity contribution in [1.82, 2.24) is 0 Å². The molecule has 8 heteroatoms. The summed E-state index contributed by atoms with van der Waals surface area (Å²) in [7, 11) is 1.34. The number of hydrogen-bond donors (Lipinski definition) is 0. The van der Waals surface area contributed by atoms with Crippen molar-refractivity contribution in [2.75, 3.05) is 18.1 Å². The summed E-state index contributed by atoms with van der Waals surface area (Å²) in [5.41, 5.74) is 0.725. The van der Waals surface area contributed by atoms with Crippen LogP contribution in [0, 0.1) is 0 Å². The third-order valence-corrected chi connectivity index (χ3v) is 5.10. The van der Waals surface area contributed by atoms with Crippen molar-refractivity contribution in [2.45, 2.75) is 15.8 Å². The van der Waals surface area contributed by atoms with Crippen molar-refractivity contribution in [3.8, 4) is 0 Å². The van der Waals surface area contributed by atoms with Crippen LogP contribution >= 0.6 is 57.4 Å². The molecular weight excluding hydrogens is 463 g/mol. The van der Waals surface area contributed by atoms with Gasteiger partial charge in [-0.1, -0.05) is 69.5 Å². The molecule has 22 heavy (non-hydrogen) atoms. The van der Waals surface area contributed by atoms with Crippen LogP contribution < -0.4 is 0 Å². The molecule has 120 valence electrons. The Kier molecular flexibility index (Phi) is 5.85. The van der Waals surface area contributed by atoms with Crippen LogP contribution in [-0.4, -0.2) is 33.8 Å². The highest BCUT2D eigenvalue weighted by Crippen LogP contribution is 2.39. The maximum absolute atomic E-state index is 11.7. The van der Waals surface area contributed by atoms with E-state index in [-0.39, 0.29) is 5.90 Å². The first kappa shape index (κ1) is 18.1. The molecule has 0 bridgehead atoms. The van der Waals surface area contributed by atoms with Gasteiger partial charge in [-0.05, 0) is 17.7 Å². The topological polar surface area (TPSA) is 47.9 Å². The number of rotatable bonds is 3. The van der Waals surface area contributed by atoms with Crippen LogP contribution in [0.15, 0.2) is 29.3 Å². The first-order valence-electron chi connectivity index (χ1n) is 6.37. The Hall–Kier alpha value is -0.240. The first-order chi connectivity index (χ1) is 10.3. The number of alkyl halides is 4.